The van der Waals surface area contributed by atoms with Gasteiger partial charge in [-0.3, -0.25) is 14.7 Å². The highest BCUT2D eigenvalue weighted by atomic mass is 19.2. The molecule has 1 aromatic heterocycles. The molecule has 1 fully saturated rings. The van der Waals surface area contributed by atoms with Crippen LogP contribution in [-0.2, 0) is 11.5 Å². The number of likely N-dealkylation sites (tertiary alicyclic amines) is 1. The van der Waals surface area contributed by atoms with Crippen LogP contribution < -0.4 is 9.47 Å². The van der Waals surface area contributed by atoms with E-state index < -0.39 is 47.4 Å². The highest BCUT2D eigenvalue weighted by molar-refractivity contribution is 5.85. The minimum atomic E-state index is -1.61. The Hall–Kier alpha value is -3.47. The number of piperidine rings is 1. The second kappa shape index (κ2) is 12.1. The molecule has 0 amide bonds. The Morgan fingerprint density at radius 3 is 2.46 bits per heavy atom. The number of hydrogen-bond acceptors (Lipinski definition) is 5. The van der Waals surface area contributed by atoms with Gasteiger partial charge in [0.1, 0.15) is 31.0 Å². The fraction of sp³-hybridized carbons (Fsp3) is 0.429. The first-order valence-corrected chi connectivity index (χ1v) is 12.6. The summed E-state index contributed by atoms with van der Waals surface area (Å²) in [5.74, 6) is -4.57. The number of hydrogen-bond donors (Lipinski definition) is 1. The number of methoxy groups -OCH3 is 1. The van der Waals surface area contributed by atoms with Gasteiger partial charge in [-0.2, -0.15) is 0 Å². The Morgan fingerprint density at radius 2 is 1.85 bits per heavy atom. The van der Waals surface area contributed by atoms with Crippen molar-refractivity contribution >= 4 is 16.9 Å². The third-order valence-corrected chi connectivity index (χ3v) is 7.42. The highest BCUT2D eigenvalue weighted by Crippen LogP contribution is 2.41. The van der Waals surface area contributed by atoms with Crippen LogP contribution in [0.25, 0.3) is 10.9 Å². The summed E-state index contributed by atoms with van der Waals surface area (Å²) in [5, 5.41) is 10.5. The summed E-state index contributed by atoms with van der Waals surface area (Å²) in [6.45, 7) is -0.0278. The molecular formula is C28H29F5N2O4. The predicted molar refractivity (Wildman–Crippen MR) is 134 cm³/mol. The first-order valence-electron chi connectivity index (χ1n) is 12.6. The van der Waals surface area contributed by atoms with E-state index in [4.69, 9.17) is 9.47 Å². The molecule has 1 atom stereocenters. The number of halogens is 5. The Kier molecular flexibility index (Phi) is 8.89. The molecule has 0 spiro atoms. The molecule has 2 aromatic carbocycles. The maximum atomic E-state index is 15.7. The molecule has 0 saturated carbocycles. The summed E-state index contributed by atoms with van der Waals surface area (Å²) in [5.41, 5.74) is -0.435. The minimum Gasteiger partial charge on any atom is -0.497 e. The minimum absolute atomic E-state index is 0.0410. The van der Waals surface area contributed by atoms with E-state index in [0.717, 1.165) is 0 Å². The molecule has 0 radical (unpaired) electrons. The zero-order chi connectivity index (χ0) is 28.2. The lowest BCUT2D eigenvalue weighted by molar-refractivity contribution is -0.153. The van der Waals surface area contributed by atoms with Crippen molar-refractivity contribution in [1.29, 1.82) is 0 Å². The van der Waals surface area contributed by atoms with E-state index in [1.54, 1.807) is 18.2 Å². The van der Waals surface area contributed by atoms with Crippen molar-refractivity contribution in [3.05, 3.63) is 65.1 Å². The van der Waals surface area contributed by atoms with Crippen molar-refractivity contribution in [2.45, 2.75) is 38.5 Å². The van der Waals surface area contributed by atoms with E-state index in [0.29, 0.717) is 41.9 Å². The first kappa shape index (κ1) is 28.5. The summed E-state index contributed by atoms with van der Waals surface area (Å²) < 4.78 is 80.4. The van der Waals surface area contributed by atoms with Gasteiger partial charge in [0.15, 0.2) is 17.4 Å². The molecule has 210 valence electrons. The molecule has 11 heteroatoms. The molecule has 1 saturated heterocycles. The number of carboxylic acids is 1. The van der Waals surface area contributed by atoms with E-state index >= 15 is 4.39 Å². The molecule has 39 heavy (non-hydrogen) atoms. The van der Waals surface area contributed by atoms with E-state index in [2.05, 4.69) is 4.98 Å². The molecule has 0 bridgehead atoms. The van der Waals surface area contributed by atoms with Crippen molar-refractivity contribution in [3.63, 3.8) is 0 Å². The van der Waals surface area contributed by atoms with E-state index in [-0.39, 0.29) is 50.0 Å². The summed E-state index contributed by atoms with van der Waals surface area (Å²) in [6.07, 6.45) is 0.0658. The molecule has 4 rings (SSSR count). The standard InChI is InChI=1S/C28H29F5N2O4/c1-38-19-2-3-24-20(14-19)25(17(15-29)16-34-24)21(31)4-5-28(27(36)37)6-8-35(9-7-28)10-11-39-26-22(32)12-18(30)13-23(26)33/h2-3,12-14,16,21H,4-11,15H2,1H3,(H,36,37)/t21-/m1/s1. The number of aromatic nitrogens is 1. The van der Waals surface area contributed by atoms with E-state index in [9.17, 15) is 27.5 Å². The van der Waals surface area contributed by atoms with E-state index in [1.807, 2.05) is 4.90 Å². The zero-order valence-electron chi connectivity index (χ0n) is 21.4. The Labute approximate surface area is 222 Å². The Balaban J connectivity index is 1.39. The third-order valence-electron chi connectivity index (χ3n) is 7.42. The van der Waals surface area contributed by atoms with Crippen LogP contribution in [0.2, 0.25) is 0 Å². The fourth-order valence-corrected chi connectivity index (χ4v) is 5.10. The lowest BCUT2D eigenvalue weighted by atomic mass is 9.74. The van der Waals surface area contributed by atoms with Crippen molar-refractivity contribution in [3.8, 4) is 11.5 Å². The molecule has 1 aliphatic rings. The van der Waals surface area contributed by atoms with Crippen LogP contribution in [0.4, 0.5) is 22.0 Å². The molecule has 0 aliphatic carbocycles. The summed E-state index contributed by atoms with van der Waals surface area (Å²) in [4.78, 5) is 18.4. The monoisotopic (exact) mass is 552 g/mol. The summed E-state index contributed by atoms with van der Waals surface area (Å²) in [7, 11) is 1.47. The number of carbonyl (C=O) groups is 1. The maximum Gasteiger partial charge on any atom is 0.309 e. The SMILES string of the molecule is COc1ccc2ncc(CF)c([C@H](F)CCC3(C(=O)O)CCN(CCOc4c(F)cc(F)cc4F)CC3)c2c1. The quantitative estimate of drug-likeness (QED) is 0.287. The van der Waals surface area contributed by atoms with Gasteiger partial charge in [-0.05, 0) is 57.0 Å². The lowest BCUT2D eigenvalue weighted by Gasteiger charge is -2.39. The van der Waals surface area contributed by atoms with Crippen LogP contribution in [0.5, 0.6) is 11.5 Å². The van der Waals surface area contributed by atoms with Crippen LogP contribution >= 0.6 is 0 Å². The number of fused-ring (bicyclic) bond motifs is 1. The van der Waals surface area contributed by atoms with Crippen molar-refractivity contribution in [2.24, 2.45) is 5.41 Å². The third kappa shape index (κ3) is 6.24. The number of benzene rings is 2. The number of carboxylic acid groups (broad SMARTS) is 1. The molecule has 3 aromatic rings. The number of pyridine rings is 1. The van der Waals surface area contributed by atoms with Crippen LogP contribution in [0.15, 0.2) is 36.5 Å². The van der Waals surface area contributed by atoms with Gasteiger partial charge >= 0.3 is 5.97 Å². The van der Waals surface area contributed by atoms with Gasteiger partial charge in [-0.1, -0.05) is 0 Å². The van der Waals surface area contributed by atoms with Crippen molar-refractivity contribution in [2.75, 3.05) is 33.4 Å². The second-order valence-corrected chi connectivity index (χ2v) is 9.69. The lowest BCUT2D eigenvalue weighted by Crippen LogP contribution is -2.45. The zero-order valence-corrected chi connectivity index (χ0v) is 21.4. The number of ether oxygens (including phenoxy) is 2. The Morgan fingerprint density at radius 1 is 1.15 bits per heavy atom. The van der Waals surface area contributed by atoms with Crippen molar-refractivity contribution in [1.82, 2.24) is 9.88 Å². The number of rotatable bonds is 11. The van der Waals surface area contributed by atoms with Gasteiger partial charge in [0.25, 0.3) is 0 Å². The van der Waals surface area contributed by atoms with Gasteiger partial charge < -0.3 is 14.6 Å². The maximum absolute atomic E-state index is 15.7. The fourth-order valence-electron chi connectivity index (χ4n) is 5.10. The van der Waals surface area contributed by atoms with Crippen molar-refractivity contribution < 1.29 is 41.3 Å². The van der Waals surface area contributed by atoms with Gasteiger partial charge in [0, 0.05) is 41.4 Å². The molecule has 1 aliphatic heterocycles. The summed E-state index contributed by atoms with van der Waals surface area (Å²) >= 11 is 0. The Bertz CT molecular complexity index is 1300. The number of aliphatic carboxylic acids is 1. The topological polar surface area (TPSA) is 71.9 Å². The number of alkyl halides is 2. The largest absolute Gasteiger partial charge is 0.497 e. The second-order valence-electron chi connectivity index (χ2n) is 9.69. The van der Waals surface area contributed by atoms with Crippen LogP contribution in [0, 0.1) is 22.9 Å². The highest BCUT2D eigenvalue weighted by Gasteiger charge is 2.42. The van der Waals surface area contributed by atoms with Gasteiger partial charge in [-0.15, -0.1) is 0 Å². The smallest absolute Gasteiger partial charge is 0.309 e. The van der Waals surface area contributed by atoms with Gasteiger partial charge in [-0.25, -0.2) is 22.0 Å². The predicted octanol–water partition coefficient (Wildman–Crippen LogP) is 6.17. The van der Waals surface area contributed by atoms with Crippen LogP contribution in [-0.4, -0.2) is 54.3 Å². The van der Waals surface area contributed by atoms with Crippen LogP contribution in [0.3, 0.4) is 0 Å². The molecule has 0 unspecified atom stereocenters. The molecule has 2 heterocycles. The summed E-state index contributed by atoms with van der Waals surface area (Å²) in [6, 6.07) is 5.98. The number of nitrogens with zero attached hydrogens (tertiary/aromatic N) is 2. The average Bonchev–Trinajstić information content (AvgIpc) is 2.92. The molecular weight excluding hydrogens is 523 g/mol. The van der Waals surface area contributed by atoms with E-state index in [1.165, 1.54) is 13.3 Å². The normalized spacial score (nSPS) is 16.3. The average molecular weight is 553 g/mol. The molecule has 6 nitrogen and oxygen atoms in total. The van der Waals surface area contributed by atoms with Gasteiger partial charge in [0.05, 0.1) is 18.0 Å². The van der Waals surface area contributed by atoms with Gasteiger partial charge in [0.2, 0.25) is 0 Å². The van der Waals surface area contributed by atoms with Crippen LogP contribution in [0.1, 0.15) is 43.0 Å². The first-order chi connectivity index (χ1) is 18.7. The molecule has 1 N–H and O–H groups in total.